The van der Waals surface area contributed by atoms with Crippen LogP contribution in [0, 0.1) is 0 Å². The van der Waals surface area contributed by atoms with Crippen LogP contribution in [-0.2, 0) is 11.3 Å². The summed E-state index contributed by atoms with van der Waals surface area (Å²) in [4.78, 5) is 10.5. The van der Waals surface area contributed by atoms with Gasteiger partial charge in [-0.1, -0.05) is 0 Å². The van der Waals surface area contributed by atoms with Crippen molar-refractivity contribution in [3.63, 3.8) is 0 Å². The van der Waals surface area contributed by atoms with E-state index in [0.717, 1.165) is 0 Å². The molecule has 0 N–H and O–H groups in total. The van der Waals surface area contributed by atoms with E-state index in [9.17, 15) is 4.79 Å². The van der Waals surface area contributed by atoms with Crippen LogP contribution in [0.4, 0.5) is 0 Å². The Kier molecular flexibility index (Phi) is 3.72. The van der Waals surface area contributed by atoms with Gasteiger partial charge in [-0.05, 0) is 13.0 Å². The molecule has 4 heteroatoms. The van der Waals surface area contributed by atoms with Crippen LogP contribution >= 0.6 is 12.4 Å². The first kappa shape index (κ1) is 9.17. The summed E-state index contributed by atoms with van der Waals surface area (Å²) in [6.45, 7) is 1.93. The Morgan fingerprint density at radius 1 is 1.70 bits per heavy atom. The standard InChI is InChI=1S/C6H8N2O.ClH/c1-6(9)5-8-4-2-3-7-8;/h2-4H,5H2,1H3;1H. The minimum absolute atomic E-state index is 0. The van der Waals surface area contributed by atoms with Gasteiger partial charge in [0, 0.05) is 12.4 Å². The summed E-state index contributed by atoms with van der Waals surface area (Å²) in [6.07, 6.45) is 3.42. The number of carbonyl (C=O) groups is 1. The lowest BCUT2D eigenvalue weighted by Gasteiger charge is -1.92. The van der Waals surface area contributed by atoms with Gasteiger partial charge in [-0.2, -0.15) is 5.10 Å². The van der Waals surface area contributed by atoms with Crippen LogP contribution < -0.4 is 0 Å². The Hall–Kier alpha value is -0.830. The average molecular weight is 161 g/mol. The van der Waals surface area contributed by atoms with E-state index in [2.05, 4.69) is 5.10 Å². The molecule has 1 aromatic heterocycles. The van der Waals surface area contributed by atoms with E-state index in [0.29, 0.717) is 6.54 Å². The van der Waals surface area contributed by atoms with Crippen molar-refractivity contribution in [1.82, 2.24) is 9.78 Å². The van der Waals surface area contributed by atoms with Gasteiger partial charge in [0.2, 0.25) is 0 Å². The predicted octanol–water partition coefficient (Wildman–Crippen LogP) is 0.894. The Bertz CT molecular complexity index is 196. The Morgan fingerprint density at radius 2 is 2.40 bits per heavy atom. The molecule has 1 rings (SSSR count). The van der Waals surface area contributed by atoms with E-state index in [1.807, 2.05) is 0 Å². The molecule has 0 aliphatic carbocycles. The molecule has 0 saturated heterocycles. The maximum atomic E-state index is 10.5. The molecule has 0 aliphatic heterocycles. The summed E-state index contributed by atoms with van der Waals surface area (Å²) >= 11 is 0. The van der Waals surface area contributed by atoms with Crippen LogP contribution in [0.3, 0.4) is 0 Å². The second-order valence-corrected chi connectivity index (χ2v) is 1.91. The lowest BCUT2D eigenvalue weighted by Crippen LogP contribution is -2.05. The zero-order valence-corrected chi connectivity index (χ0v) is 6.47. The first-order chi connectivity index (χ1) is 4.29. The molecule has 0 bridgehead atoms. The largest absolute Gasteiger partial charge is 0.298 e. The molecule has 0 spiro atoms. The van der Waals surface area contributed by atoms with Crippen molar-refractivity contribution in [2.45, 2.75) is 13.5 Å². The number of aromatic nitrogens is 2. The normalized spacial score (nSPS) is 8.50. The van der Waals surface area contributed by atoms with Crippen LogP contribution in [-0.4, -0.2) is 15.6 Å². The zero-order chi connectivity index (χ0) is 6.69. The third-order valence-electron chi connectivity index (χ3n) is 0.944. The van der Waals surface area contributed by atoms with E-state index >= 15 is 0 Å². The molecule has 56 valence electrons. The highest BCUT2D eigenvalue weighted by atomic mass is 35.5. The average Bonchev–Trinajstić information content (AvgIpc) is 2.15. The van der Waals surface area contributed by atoms with E-state index in [1.54, 1.807) is 30.1 Å². The second kappa shape index (κ2) is 4.06. The molecule has 3 nitrogen and oxygen atoms in total. The van der Waals surface area contributed by atoms with Crippen molar-refractivity contribution in [2.24, 2.45) is 0 Å². The Morgan fingerprint density at radius 3 is 2.80 bits per heavy atom. The monoisotopic (exact) mass is 160 g/mol. The van der Waals surface area contributed by atoms with Crippen molar-refractivity contribution >= 4 is 18.2 Å². The summed E-state index contributed by atoms with van der Waals surface area (Å²) in [6, 6.07) is 1.79. The van der Waals surface area contributed by atoms with Crippen molar-refractivity contribution in [3.8, 4) is 0 Å². The van der Waals surface area contributed by atoms with Gasteiger partial charge in [0.15, 0.2) is 5.78 Å². The fourth-order valence-corrected chi connectivity index (χ4v) is 0.622. The van der Waals surface area contributed by atoms with Crippen molar-refractivity contribution in [2.75, 3.05) is 0 Å². The Balaban J connectivity index is 0.000000810. The number of carbonyl (C=O) groups excluding carboxylic acids is 1. The fraction of sp³-hybridized carbons (Fsp3) is 0.333. The van der Waals surface area contributed by atoms with Gasteiger partial charge in [-0.25, -0.2) is 0 Å². The van der Waals surface area contributed by atoms with Gasteiger partial charge in [0.25, 0.3) is 0 Å². The molecule has 0 saturated carbocycles. The van der Waals surface area contributed by atoms with E-state index in [4.69, 9.17) is 0 Å². The topological polar surface area (TPSA) is 34.9 Å². The molecular formula is C6H9ClN2O. The van der Waals surface area contributed by atoms with Crippen LogP contribution in [0.15, 0.2) is 18.5 Å². The molecule has 10 heavy (non-hydrogen) atoms. The third-order valence-corrected chi connectivity index (χ3v) is 0.944. The summed E-state index contributed by atoms with van der Waals surface area (Å²) in [5, 5.41) is 3.85. The summed E-state index contributed by atoms with van der Waals surface area (Å²) in [5.41, 5.74) is 0. The minimum Gasteiger partial charge on any atom is -0.298 e. The van der Waals surface area contributed by atoms with Crippen molar-refractivity contribution < 1.29 is 4.79 Å². The maximum absolute atomic E-state index is 10.5. The van der Waals surface area contributed by atoms with E-state index < -0.39 is 0 Å². The lowest BCUT2D eigenvalue weighted by molar-refractivity contribution is -0.117. The van der Waals surface area contributed by atoms with Gasteiger partial charge >= 0.3 is 0 Å². The summed E-state index contributed by atoms with van der Waals surface area (Å²) < 4.78 is 1.60. The van der Waals surface area contributed by atoms with Crippen molar-refractivity contribution in [3.05, 3.63) is 18.5 Å². The van der Waals surface area contributed by atoms with E-state index in [1.165, 1.54) is 0 Å². The highest BCUT2D eigenvalue weighted by molar-refractivity contribution is 5.85. The zero-order valence-electron chi connectivity index (χ0n) is 5.65. The highest BCUT2D eigenvalue weighted by Gasteiger charge is 1.92. The molecule has 1 aromatic rings. The molecule has 0 atom stereocenters. The number of hydrogen-bond acceptors (Lipinski definition) is 2. The number of halogens is 1. The van der Waals surface area contributed by atoms with Crippen molar-refractivity contribution in [1.29, 1.82) is 0 Å². The first-order valence-corrected chi connectivity index (χ1v) is 2.76. The van der Waals surface area contributed by atoms with Gasteiger partial charge in [0.1, 0.15) is 0 Å². The lowest BCUT2D eigenvalue weighted by atomic mass is 10.4. The number of rotatable bonds is 2. The molecule has 0 amide bonds. The second-order valence-electron chi connectivity index (χ2n) is 1.91. The maximum Gasteiger partial charge on any atom is 0.151 e. The SMILES string of the molecule is CC(=O)Cn1cccn1.Cl. The molecule has 0 aliphatic rings. The Labute approximate surface area is 65.4 Å². The van der Waals surface area contributed by atoms with Gasteiger partial charge in [0.05, 0.1) is 6.54 Å². The summed E-state index contributed by atoms with van der Waals surface area (Å²) in [5.74, 6) is 0.124. The fourth-order valence-electron chi connectivity index (χ4n) is 0.622. The molecule has 0 unspecified atom stereocenters. The number of ketones is 1. The number of nitrogens with zero attached hydrogens (tertiary/aromatic N) is 2. The quantitative estimate of drug-likeness (QED) is 0.644. The minimum atomic E-state index is 0. The highest BCUT2D eigenvalue weighted by Crippen LogP contribution is 1.83. The van der Waals surface area contributed by atoms with Gasteiger partial charge < -0.3 is 0 Å². The third kappa shape index (κ3) is 2.64. The van der Waals surface area contributed by atoms with Gasteiger partial charge in [-0.3, -0.25) is 9.48 Å². The smallest absolute Gasteiger partial charge is 0.151 e. The predicted molar refractivity (Wildman–Crippen MR) is 40.2 cm³/mol. The molecule has 0 fully saturated rings. The first-order valence-electron chi connectivity index (χ1n) is 2.76. The van der Waals surface area contributed by atoms with E-state index in [-0.39, 0.29) is 18.2 Å². The molecule has 0 radical (unpaired) electrons. The van der Waals surface area contributed by atoms with Gasteiger partial charge in [-0.15, -0.1) is 12.4 Å². The number of hydrogen-bond donors (Lipinski definition) is 0. The van der Waals surface area contributed by atoms with Crippen LogP contribution in [0.2, 0.25) is 0 Å². The van der Waals surface area contributed by atoms with Crippen LogP contribution in [0.5, 0.6) is 0 Å². The van der Waals surface area contributed by atoms with Crippen LogP contribution in [0.1, 0.15) is 6.92 Å². The van der Waals surface area contributed by atoms with Crippen LogP contribution in [0.25, 0.3) is 0 Å². The molecule has 1 heterocycles. The molecular weight excluding hydrogens is 152 g/mol. The number of Topliss-reactive ketones (excluding diaryl/α,β-unsaturated/α-hetero) is 1. The summed E-state index contributed by atoms with van der Waals surface area (Å²) in [7, 11) is 0. The molecule has 0 aromatic carbocycles.